The molecule has 0 saturated heterocycles. The van der Waals surface area contributed by atoms with E-state index < -0.39 is 0 Å². The molecule has 114 valence electrons. The molecule has 0 fully saturated rings. The fourth-order valence-electron chi connectivity index (χ4n) is 2.97. The minimum Gasteiger partial charge on any atom is -0.325 e. The normalized spacial score (nSPS) is 18.5. The van der Waals surface area contributed by atoms with E-state index in [1.807, 2.05) is 24.3 Å². The first kappa shape index (κ1) is 15.2. The van der Waals surface area contributed by atoms with Crippen molar-refractivity contribution in [2.45, 2.75) is 19.4 Å². The van der Waals surface area contributed by atoms with E-state index >= 15 is 0 Å². The number of hydrogen-bond acceptors (Lipinski definition) is 3. The second kappa shape index (κ2) is 6.58. The van der Waals surface area contributed by atoms with Gasteiger partial charge in [0.1, 0.15) is 0 Å². The second-order valence-electron chi connectivity index (χ2n) is 5.43. The number of nitrogens with one attached hydrogen (secondary N) is 1. The van der Waals surface area contributed by atoms with Crippen molar-refractivity contribution in [3.63, 3.8) is 0 Å². The summed E-state index contributed by atoms with van der Waals surface area (Å²) in [4.78, 5) is 18.6. The van der Waals surface area contributed by atoms with Crippen molar-refractivity contribution in [2.24, 2.45) is 0 Å². The second-order valence-corrected chi connectivity index (χ2v) is 6.35. The number of halogens is 1. The molecule has 0 saturated carbocycles. The van der Waals surface area contributed by atoms with E-state index in [0.29, 0.717) is 6.54 Å². The summed E-state index contributed by atoms with van der Waals surface area (Å²) in [5.41, 5.74) is 3.15. The third kappa shape index (κ3) is 3.05. The Balaban J connectivity index is 2.15. The van der Waals surface area contributed by atoms with Crippen molar-refractivity contribution >= 4 is 27.5 Å². The zero-order valence-electron chi connectivity index (χ0n) is 12.4. The van der Waals surface area contributed by atoms with E-state index in [1.165, 1.54) is 0 Å². The molecule has 1 aromatic heterocycles. The quantitative estimate of drug-likeness (QED) is 0.910. The molecule has 1 aliphatic rings. The highest BCUT2D eigenvalue weighted by Gasteiger charge is 2.29. The average molecular weight is 360 g/mol. The minimum absolute atomic E-state index is 0.0357. The Bertz CT molecular complexity index is 675. The fraction of sp³-hybridized carbons (Fsp3) is 0.294. The number of pyridine rings is 1. The smallest absolute Gasteiger partial charge is 0.238 e. The van der Waals surface area contributed by atoms with E-state index in [0.717, 1.165) is 34.3 Å². The Labute approximate surface area is 138 Å². The Morgan fingerprint density at radius 2 is 2.09 bits per heavy atom. The van der Waals surface area contributed by atoms with Crippen molar-refractivity contribution < 1.29 is 4.79 Å². The van der Waals surface area contributed by atoms with Gasteiger partial charge in [0, 0.05) is 22.6 Å². The van der Waals surface area contributed by atoms with Gasteiger partial charge >= 0.3 is 0 Å². The third-order valence-corrected chi connectivity index (χ3v) is 4.32. The van der Waals surface area contributed by atoms with Gasteiger partial charge in [0.2, 0.25) is 5.91 Å². The molecule has 22 heavy (non-hydrogen) atoms. The van der Waals surface area contributed by atoms with Crippen molar-refractivity contribution in [3.8, 4) is 0 Å². The van der Waals surface area contributed by atoms with Crippen LogP contribution in [0.1, 0.15) is 30.5 Å². The Morgan fingerprint density at radius 1 is 1.32 bits per heavy atom. The van der Waals surface area contributed by atoms with Gasteiger partial charge < -0.3 is 5.32 Å². The number of rotatable bonds is 3. The number of aromatic nitrogens is 1. The number of anilines is 1. The number of fused-ring (bicyclic) bond motifs is 1. The van der Waals surface area contributed by atoms with Crippen molar-refractivity contribution in [3.05, 3.63) is 58.3 Å². The molecule has 1 unspecified atom stereocenters. The Kier molecular flexibility index (Phi) is 4.55. The first-order valence-electron chi connectivity index (χ1n) is 7.42. The largest absolute Gasteiger partial charge is 0.325 e. The molecule has 1 N–H and O–H groups in total. The zero-order valence-corrected chi connectivity index (χ0v) is 14.0. The lowest BCUT2D eigenvalue weighted by Gasteiger charge is -2.30. The SMILES string of the molecule is CCCN1CC(=O)Nc2ccc(Br)cc2C1c1ccncc1. The van der Waals surface area contributed by atoms with Crippen molar-refractivity contribution in [2.75, 3.05) is 18.4 Å². The van der Waals surface area contributed by atoms with E-state index in [-0.39, 0.29) is 11.9 Å². The highest BCUT2D eigenvalue weighted by Crippen LogP contribution is 2.37. The molecule has 0 radical (unpaired) electrons. The monoisotopic (exact) mass is 359 g/mol. The highest BCUT2D eigenvalue weighted by atomic mass is 79.9. The summed E-state index contributed by atoms with van der Waals surface area (Å²) in [5, 5.41) is 3.02. The number of amides is 1. The lowest BCUT2D eigenvalue weighted by atomic mass is 9.96. The van der Waals surface area contributed by atoms with Crippen LogP contribution in [0.25, 0.3) is 0 Å². The van der Waals surface area contributed by atoms with Crippen LogP contribution in [-0.4, -0.2) is 28.9 Å². The van der Waals surface area contributed by atoms with Crippen LogP contribution < -0.4 is 5.32 Å². The summed E-state index contributed by atoms with van der Waals surface area (Å²) in [7, 11) is 0. The van der Waals surface area contributed by atoms with Gasteiger partial charge in [-0.15, -0.1) is 0 Å². The number of hydrogen-bond donors (Lipinski definition) is 1. The Morgan fingerprint density at radius 3 is 2.82 bits per heavy atom. The fourth-order valence-corrected chi connectivity index (χ4v) is 3.35. The number of carbonyl (C=O) groups excluding carboxylic acids is 1. The predicted molar refractivity (Wildman–Crippen MR) is 90.7 cm³/mol. The lowest BCUT2D eigenvalue weighted by Crippen LogP contribution is -2.34. The summed E-state index contributed by atoms with van der Waals surface area (Å²) in [5.74, 6) is 0.0357. The maximum atomic E-state index is 12.2. The van der Waals surface area contributed by atoms with Gasteiger partial charge in [0.15, 0.2) is 0 Å². The van der Waals surface area contributed by atoms with E-state index in [2.05, 4.69) is 44.1 Å². The molecule has 0 spiro atoms. The van der Waals surface area contributed by atoms with Crippen LogP contribution in [0.5, 0.6) is 0 Å². The molecule has 3 rings (SSSR count). The van der Waals surface area contributed by atoms with E-state index in [1.54, 1.807) is 12.4 Å². The maximum Gasteiger partial charge on any atom is 0.238 e. The molecular formula is C17H18BrN3O. The van der Waals surface area contributed by atoms with Crippen LogP contribution in [0, 0.1) is 0 Å². The molecular weight excluding hydrogens is 342 g/mol. The van der Waals surface area contributed by atoms with Gasteiger partial charge in [0.05, 0.1) is 12.6 Å². The van der Waals surface area contributed by atoms with Gasteiger partial charge in [0.25, 0.3) is 0 Å². The van der Waals surface area contributed by atoms with Crippen molar-refractivity contribution in [1.82, 2.24) is 9.88 Å². The van der Waals surface area contributed by atoms with Gasteiger partial charge in [-0.25, -0.2) is 0 Å². The van der Waals surface area contributed by atoms with Crippen LogP contribution in [-0.2, 0) is 4.79 Å². The Hall–Kier alpha value is -1.72. The summed E-state index contributed by atoms with van der Waals surface area (Å²) < 4.78 is 1.01. The standard InChI is InChI=1S/C17H18BrN3O/c1-2-9-21-11-16(22)20-15-4-3-13(18)10-14(15)17(21)12-5-7-19-8-6-12/h3-8,10,17H,2,9,11H2,1H3,(H,20,22). The van der Waals surface area contributed by atoms with Crippen LogP contribution >= 0.6 is 15.9 Å². The molecule has 1 aliphatic heterocycles. The third-order valence-electron chi connectivity index (χ3n) is 3.83. The molecule has 2 aromatic rings. The first-order chi connectivity index (χ1) is 10.7. The molecule has 4 nitrogen and oxygen atoms in total. The number of nitrogens with zero attached hydrogens (tertiary/aromatic N) is 2. The summed E-state index contributed by atoms with van der Waals surface area (Å²) >= 11 is 3.55. The lowest BCUT2D eigenvalue weighted by molar-refractivity contribution is -0.117. The van der Waals surface area contributed by atoms with Crippen molar-refractivity contribution in [1.29, 1.82) is 0 Å². The van der Waals surface area contributed by atoms with Crippen LogP contribution in [0.2, 0.25) is 0 Å². The zero-order chi connectivity index (χ0) is 15.5. The average Bonchev–Trinajstić information content (AvgIpc) is 2.64. The number of benzene rings is 1. The van der Waals surface area contributed by atoms with Gasteiger partial charge in [-0.2, -0.15) is 0 Å². The van der Waals surface area contributed by atoms with E-state index in [9.17, 15) is 4.79 Å². The van der Waals surface area contributed by atoms with E-state index in [4.69, 9.17) is 0 Å². The van der Waals surface area contributed by atoms with Crippen LogP contribution in [0.15, 0.2) is 47.2 Å². The molecule has 1 aromatic carbocycles. The van der Waals surface area contributed by atoms with Crippen LogP contribution in [0.4, 0.5) is 5.69 Å². The highest BCUT2D eigenvalue weighted by molar-refractivity contribution is 9.10. The topological polar surface area (TPSA) is 45.2 Å². The van der Waals surface area contributed by atoms with Gasteiger partial charge in [-0.3, -0.25) is 14.7 Å². The molecule has 0 bridgehead atoms. The van der Waals surface area contributed by atoms with Crippen LogP contribution in [0.3, 0.4) is 0 Å². The first-order valence-corrected chi connectivity index (χ1v) is 8.21. The molecule has 0 aliphatic carbocycles. The molecule has 5 heteroatoms. The molecule has 2 heterocycles. The van der Waals surface area contributed by atoms with Gasteiger partial charge in [-0.1, -0.05) is 22.9 Å². The maximum absolute atomic E-state index is 12.2. The summed E-state index contributed by atoms with van der Waals surface area (Å²) in [6, 6.07) is 10.1. The number of carbonyl (C=O) groups is 1. The molecule has 1 amide bonds. The summed E-state index contributed by atoms with van der Waals surface area (Å²) in [6.07, 6.45) is 4.60. The van der Waals surface area contributed by atoms with Gasteiger partial charge in [-0.05, 0) is 54.4 Å². The molecule has 1 atom stereocenters. The minimum atomic E-state index is 0.0357. The summed E-state index contributed by atoms with van der Waals surface area (Å²) in [6.45, 7) is 3.40. The predicted octanol–water partition coefficient (Wildman–Crippen LogP) is 3.60.